The molecular weight excluding hydrogens is 256 g/mol. The molecule has 5 heteroatoms. The highest BCUT2D eigenvalue weighted by molar-refractivity contribution is 5.97. The highest BCUT2D eigenvalue weighted by Gasteiger charge is 2.28. The maximum atomic E-state index is 11.8. The van der Waals surface area contributed by atoms with Gasteiger partial charge in [0, 0.05) is 18.2 Å². The van der Waals surface area contributed by atoms with Gasteiger partial charge in [-0.25, -0.2) is 0 Å². The molecule has 0 bridgehead atoms. The number of likely N-dealkylation sites (tertiary alicyclic amines) is 1. The molecule has 1 aromatic carbocycles. The number of nitrogens with two attached hydrogens (primary N) is 1. The number of fused-ring (bicyclic) bond motifs is 1. The average Bonchev–Trinajstić information content (AvgIpc) is 2.87. The van der Waals surface area contributed by atoms with Gasteiger partial charge >= 0.3 is 0 Å². The first kappa shape index (κ1) is 12.9. The normalized spacial score (nSPS) is 17.8. The fourth-order valence-corrected chi connectivity index (χ4v) is 2.48. The van der Waals surface area contributed by atoms with Gasteiger partial charge in [-0.05, 0) is 18.6 Å². The molecule has 1 aliphatic rings. The molecular formula is C15H16N2O3. The monoisotopic (exact) mass is 272 g/mol. The van der Waals surface area contributed by atoms with Gasteiger partial charge in [-0.1, -0.05) is 18.2 Å². The van der Waals surface area contributed by atoms with Crippen LogP contribution in [0, 0.1) is 0 Å². The largest absolute Gasteiger partial charge is 0.459 e. The second-order valence-electron chi connectivity index (χ2n) is 5.04. The summed E-state index contributed by atoms with van der Waals surface area (Å²) in [6.07, 6.45) is 1.46. The average molecular weight is 272 g/mol. The Bertz CT molecular complexity index is 613. The van der Waals surface area contributed by atoms with Crippen LogP contribution in [-0.2, 0) is 9.59 Å². The van der Waals surface area contributed by atoms with Gasteiger partial charge in [0.15, 0.2) is 0 Å². The van der Waals surface area contributed by atoms with Crippen LogP contribution in [0.3, 0.4) is 0 Å². The Labute approximate surface area is 116 Å². The number of carbonyl (C=O) groups excluding carboxylic acids is 2. The van der Waals surface area contributed by atoms with E-state index < -0.39 is 6.04 Å². The van der Waals surface area contributed by atoms with E-state index in [2.05, 4.69) is 0 Å². The third-order valence-corrected chi connectivity index (χ3v) is 3.57. The molecule has 2 heterocycles. The van der Waals surface area contributed by atoms with Gasteiger partial charge in [-0.2, -0.15) is 0 Å². The Kier molecular flexibility index (Phi) is 3.28. The van der Waals surface area contributed by atoms with E-state index in [1.54, 1.807) is 0 Å². The summed E-state index contributed by atoms with van der Waals surface area (Å²) in [5.41, 5.74) is 6.83. The molecule has 1 aliphatic heterocycles. The first-order valence-corrected chi connectivity index (χ1v) is 6.72. The maximum absolute atomic E-state index is 11.8. The van der Waals surface area contributed by atoms with Gasteiger partial charge in [-0.15, -0.1) is 0 Å². The Morgan fingerprint density at radius 2 is 1.90 bits per heavy atom. The van der Waals surface area contributed by atoms with E-state index >= 15 is 0 Å². The zero-order valence-corrected chi connectivity index (χ0v) is 11.0. The topological polar surface area (TPSA) is 76.5 Å². The van der Waals surface area contributed by atoms with Crippen LogP contribution in [0.25, 0.3) is 11.0 Å². The third-order valence-electron chi connectivity index (χ3n) is 3.57. The molecule has 1 atom stereocenters. The van der Waals surface area contributed by atoms with Crippen LogP contribution in [0.4, 0.5) is 0 Å². The molecule has 1 aromatic heterocycles. The summed E-state index contributed by atoms with van der Waals surface area (Å²) in [4.78, 5) is 24.8. The van der Waals surface area contributed by atoms with Crippen molar-refractivity contribution >= 4 is 22.8 Å². The molecule has 5 nitrogen and oxygen atoms in total. The molecule has 1 saturated heterocycles. The van der Waals surface area contributed by atoms with E-state index in [0.29, 0.717) is 25.0 Å². The first-order chi connectivity index (χ1) is 9.65. The standard InChI is InChI=1S/C15H16N2O3/c16-11(9-17-14(18)6-3-7-15(17)19)13-8-10-4-1-2-5-12(10)20-13/h1-2,4-5,8,11H,3,6-7,9,16H2. The lowest BCUT2D eigenvalue weighted by Gasteiger charge is -2.26. The van der Waals surface area contributed by atoms with Crippen molar-refractivity contribution in [2.45, 2.75) is 25.3 Å². The van der Waals surface area contributed by atoms with E-state index in [0.717, 1.165) is 11.0 Å². The van der Waals surface area contributed by atoms with Crippen LogP contribution in [0.15, 0.2) is 34.7 Å². The molecule has 1 fully saturated rings. The zero-order valence-electron chi connectivity index (χ0n) is 11.0. The summed E-state index contributed by atoms with van der Waals surface area (Å²) >= 11 is 0. The Morgan fingerprint density at radius 3 is 2.60 bits per heavy atom. The molecule has 2 N–H and O–H groups in total. The highest BCUT2D eigenvalue weighted by Crippen LogP contribution is 2.24. The first-order valence-electron chi connectivity index (χ1n) is 6.72. The molecule has 0 spiro atoms. The number of benzene rings is 1. The van der Waals surface area contributed by atoms with Crippen molar-refractivity contribution in [3.8, 4) is 0 Å². The maximum Gasteiger partial charge on any atom is 0.229 e. The lowest BCUT2D eigenvalue weighted by atomic mass is 10.1. The number of imide groups is 1. The van der Waals surface area contributed by atoms with Gasteiger partial charge in [0.25, 0.3) is 0 Å². The van der Waals surface area contributed by atoms with E-state index in [1.807, 2.05) is 30.3 Å². The molecule has 0 radical (unpaired) electrons. The number of amides is 2. The van der Waals surface area contributed by atoms with Crippen molar-refractivity contribution in [2.75, 3.05) is 6.54 Å². The lowest BCUT2D eigenvalue weighted by Crippen LogP contribution is -2.43. The Balaban J connectivity index is 1.79. The van der Waals surface area contributed by atoms with Gasteiger partial charge in [0.2, 0.25) is 11.8 Å². The molecule has 1 unspecified atom stereocenters. The van der Waals surface area contributed by atoms with E-state index in [-0.39, 0.29) is 18.4 Å². The minimum absolute atomic E-state index is 0.146. The van der Waals surface area contributed by atoms with Crippen LogP contribution < -0.4 is 5.73 Å². The van der Waals surface area contributed by atoms with Gasteiger partial charge in [0.05, 0.1) is 12.6 Å². The van der Waals surface area contributed by atoms with Crippen molar-refractivity contribution < 1.29 is 14.0 Å². The SMILES string of the molecule is NC(CN1C(=O)CCCC1=O)c1cc2ccccc2o1. The minimum atomic E-state index is -0.492. The Morgan fingerprint density at radius 1 is 1.20 bits per heavy atom. The van der Waals surface area contributed by atoms with Crippen molar-refractivity contribution in [3.05, 3.63) is 36.1 Å². The minimum Gasteiger partial charge on any atom is -0.459 e. The molecule has 0 saturated carbocycles. The summed E-state index contributed by atoms with van der Waals surface area (Å²) in [5, 5.41) is 0.967. The van der Waals surface area contributed by atoms with Gasteiger partial charge < -0.3 is 10.2 Å². The second-order valence-corrected chi connectivity index (χ2v) is 5.04. The highest BCUT2D eigenvalue weighted by atomic mass is 16.3. The molecule has 2 amide bonds. The number of hydrogen-bond donors (Lipinski definition) is 1. The van der Waals surface area contributed by atoms with Crippen molar-refractivity contribution in [1.82, 2.24) is 4.90 Å². The summed E-state index contributed by atoms with van der Waals surface area (Å²) in [6.45, 7) is 0.178. The number of carbonyl (C=O) groups is 2. The van der Waals surface area contributed by atoms with Crippen molar-refractivity contribution in [3.63, 3.8) is 0 Å². The lowest BCUT2D eigenvalue weighted by molar-refractivity contribution is -0.148. The van der Waals surface area contributed by atoms with Crippen LogP contribution in [0.5, 0.6) is 0 Å². The Hall–Kier alpha value is -2.14. The fraction of sp³-hybridized carbons (Fsp3) is 0.333. The van der Waals surface area contributed by atoms with Gasteiger partial charge in [0.1, 0.15) is 11.3 Å². The number of para-hydroxylation sites is 1. The number of hydrogen-bond acceptors (Lipinski definition) is 4. The van der Waals surface area contributed by atoms with Crippen LogP contribution in [-0.4, -0.2) is 23.3 Å². The summed E-state index contributed by atoms with van der Waals surface area (Å²) in [7, 11) is 0. The smallest absolute Gasteiger partial charge is 0.229 e. The summed E-state index contributed by atoms with van der Waals surface area (Å²) in [5.74, 6) is 0.304. The number of nitrogens with zero attached hydrogens (tertiary/aromatic N) is 1. The van der Waals surface area contributed by atoms with E-state index in [1.165, 1.54) is 4.90 Å². The van der Waals surface area contributed by atoms with Crippen LogP contribution in [0.2, 0.25) is 0 Å². The molecule has 3 rings (SSSR count). The fourth-order valence-electron chi connectivity index (χ4n) is 2.48. The predicted molar refractivity (Wildman–Crippen MR) is 73.7 cm³/mol. The quantitative estimate of drug-likeness (QED) is 0.867. The third kappa shape index (κ3) is 2.32. The van der Waals surface area contributed by atoms with Crippen molar-refractivity contribution in [2.24, 2.45) is 5.73 Å². The van der Waals surface area contributed by atoms with Gasteiger partial charge in [-0.3, -0.25) is 14.5 Å². The van der Waals surface area contributed by atoms with Crippen molar-refractivity contribution in [1.29, 1.82) is 0 Å². The second kappa shape index (κ2) is 5.09. The summed E-state index contributed by atoms with van der Waals surface area (Å²) < 4.78 is 5.67. The molecule has 2 aromatic rings. The zero-order chi connectivity index (χ0) is 14.1. The number of furan rings is 1. The van der Waals surface area contributed by atoms with E-state index in [4.69, 9.17) is 10.2 Å². The van der Waals surface area contributed by atoms with Crippen LogP contribution in [0.1, 0.15) is 31.1 Å². The molecule has 0 aliphatic carbocycles. The molecule has 20 heavy (non-hydrogen) atoms. The molecule has 104 valence electrons. The summed E-state index contributed by atoms with van der Waals surface area (Å²) in [6, 6.07) is 8.98. The number of rotatable bonds is 3. The van der Waals surface area contributed by atoms with Crippen LogP contribution >= 0.6 is 0 Å². The number of piperidine rings is 1. The van der Waals surface area contributed by atoms with E-state index in [9.17, 15) is 9.59 Å². The predicted octanol–water partition coefficient (Wildman–Crippen LogP) is 1.97.